The first-order chi connectivity index (χ1) is 12.0. The number of hydrogen-bond donors (Lipinski definition) is 1. The van der Waals surface area contributed by atoms with Gasteiger partial charge in [0.2, 0.25) is 5.95 Å². The molecule has 0 bridgehead atoms. The summed E-state index contributed by atoms with van der Waals surface area (Å²) in [6, 6.07) is 5.81. The highest BCUT2D eigenvalue weighted by Gasteiger charge is 2.18. The van der Waals surface area contributed by atoms with Crippen molar-refractivity contribution in [2.75, 3.05) is 30.4 Å². The summed E-state index contributed by atoms with van der Waals surface area (Å²) in [5, 5.41) is 3.96. The second-order valence-electron chi connectivity index (χ2n) is 6.79. The van der Waals surface area contributed by atoms with Crippen LogP contribution in [0, 0.1) is 19.8 Å². The van der Waals surface area contributed by atoms with Crippen molar-refractivity contribution in [3.8, 4) is 5.75 Å². The summed E-state index contributed by atoms with van der Waals surface area (Å²) in [6.07, 6.45) is 2.41. The molecule has 25 heavy (non-hydrogen) atoms. The number of halogens is 1. The first-order valence-corrected chi connectivity index (χ1v) is 9.06. The second kappa shape index (κ2) is 7.48. The van der Waals surface area contributed by atoms with Crippen molar-refractivity contribution in [2.24, 2.45) is 5.92 Å². The van der Waals surface area contributed by atoms with Crippen molar-refractivity contribution >= 4 is 29.1 Å². The predicted molar refractivity (Wildman–Crippen MR) is 103 cm³/mol. The lowest BCUT2D eigenvalue weighted by molar-refractivity contribution is 0.416. The van der Waals surface area contributed by atoms with Crippen LogP contribution in [0.15, 0.2) is 18.2 Å². The molecule has 1 aromatic heterocycles. The lowest BCUT2D eigenvalue weighted by atomic mass is 9.99. The third-order valence-electron chi connectivity index (χ3n) is 4.68. The molecular formula is C19H25ClN4O. The number of nitrogens with zero attached hydrogens (tertiary/aromatic N) is 3. The Morgan fingerprint density at radius 1 is 1.16 bits per heavy atom. The number of piperidine rings is 1. The van der Waals surface area contributed by atoms with Crippen LogP contribution in [-0.2, 0) is 0 Å². The molecule has 2 aromatic rings. The Balaban J connectivity index is 1.87. The fourth-order valence-corrected chi connectivity index (χ4v) is 3.21. The van der Waals surface area contributed by atoms with Gasteiger partial charge in [-0.2, -0.15) is 4.98 Å². The van der Waals surface area contributed by atoms with Crippen LogP contribution in [0.3, 0.4) is 0 Å². The molecule has 1 aromatic carbocycles. The molecule has 2 heterocycles. The first kappa shape index (κ1) is 17.8. The number of hydrogen-bond acceptors (Lipinski definition) is 5. The molecule has 0 radical (unpaired) electrons. The number of methoxy groups -OCH3 is 1. The molecule has 1 N–H and O–H groups in total. The Morgan fingerprint density at radius 3 is 2.56 bits per heavy atom. The van der Waals surface area contributed by atoms with Gasteiger partial charge in [0.1, 0.15) is 11.6 Å². The van der Waals surface area contributed by atoms with Gasteiger partial charge < -0.3 is 15.0 Å². The van der Waals surface area contributed by atoms with Crippen LogP contribution in [0.2, 0.25) is 5.02 Å². The minimum Gasteiger partial charge on any atom is -0.495 e. The third-order valence-corrected chi connectivity index (χ3v) is 5.08. The predicted octanol–water partition coefficient (Wildman–Crippen LogP) is 4.74. The van der Waals surface area contributed by atoms with Crippen molar-refractivity contribution in [1.82, 2.24) is 9.97 Å². The van der Waals surface area contributed by atoms with Crippen molar-refractivity contribution in [3.63, 3.8) is 0 Å². The maximum atomic E-state index is 6.19. The molecule has 6 heteroatoms. The number of nitrogens with one attached hydrogen (secondary N) is 1. The Morgan fingerprint density at radius 2 is 1.88 bits per heavy atom. The largest absolute Gasteiger partial charge is 0.495 e. The number of aromatic nitrogens is 2. The fraction of sp³-hybridized carbons (Fsp3) is 0.474. The van der Waals surface area contributed by atoms with E-state index < -0.39 is 0 Å². The molecule has 1 aliphatic rings. The smallest absolute Gasteiger partial charge is 0.229 e. The first-order valence-electron chi connectivity index (χ1n) is 8.68. The molecule has 0 saturated carbocycles. The molecule has 1 aliphatic heterocycles. The summed E-state index contributed by atoms with van der Waals surface area (Å²) in [4.78, 5) is 11.6. The molecule has 5 nitrogen and oxygen atoms in total. The lowest BCUT2D eigenvalue weighted by Crippen LogP contribution is -2.33. The molecule has 1 saturated heterocycles. The van der Waals surface area contributed by atoms with Crippen LogP contribution in [0.5, 0.6) is 5.75 Å². The highest BCUT2D eigenvalue weighted by molar-refractivity contribution is 6.31. The average Bonchev–Trinajstić information content (AvgIpc) is 2.58. The van der Waals surface area contributed by atoms with Crippen molar-refractivity contribution < 1.29 is 4.74 Å². The van der Waals surface area contributed by atoms with Gasteiger partial charge in [0.05, 0.1) is 12.8 Å². The quantitative estimate of drug-likeness (QED) is 0.853. The fourth-order valence-electron chi connectivity index (χ4n) is 3.06. The van der Waals surface area contributed by atoms with E-state index in [-0.39, 0.29) is 0 Å². The lowest BCUT2D eigenvalue weighted by Gasteiger charge is -2.31. The molecule has 134 valence electrons. The minimum atomic E-state index is 0.577. The zero-order valence-electron chi connectivity index (χ0n) is 15.3. The summed E-state index contributed by atoms with van der Waals surface area (Å²) in [7, 11) is 1.63. The Kier molecular flexibility index (Phi) is 5.33. The van der Waals surface area contributed by atoms with E-state index in [1.54, 1.807) is 7.11 Å². The highest BCUT2D eigenvalue weighted by Crippen LogP contribution is 2.33. The van der Waals surface area contributed by atoms with Gasteiger partial charge in [0, 0.05) is 35.9 Å². The topological polar surface area (TPSA) is 50.3 Å². The molecule has 3 rings (SSSR count). The van der Waals surface area contributed by atoms with E-state index in [4.69, 9.17) is 21.3 Å². The third kappa shape index (κ3) is 4.15. The summed E-state index contributed by atoms with van der Waals surface area (Å²) in [5.41, 5.74) is 2.73. The zero-order valence-corrected chi connectivity index (χ0v) is 16.0. The standard InChI is InChI=1S/C19H25ClN4O/c1-12-5-7-24(8-6-12)18-10-14(3)21-19(23-18)22-16-9-13(2)15(20)11-17(16)25-4/h9-12H,5-8H2,1-4H3,(H,21,22,23). The molecule has 0 atom stereocenters. The molecule has 1 fully saturated rings. The molecule has 0 aliphatic carbocycles. The van der Waals surface area contributed by atoms with E-state index in [1.165, 1.54) is 12.8 Å². The summed E-state index contributed by atoms with van der Waals surface area (Å²) < 4.78 is 5.43. The van der Waals surface area contributed by atoms with E-state index >= 15 is 0 Å². The van der Waals surface area contributed by atoms with Crippen LogP contribution in [-0.4, -0.2) is 30.2 Å². The molecule has 0 spiro atoms. The molecule has 0 unspecified atom stereocenters. The van der Waals surface area contributed by atoms with E-state index in [0.29, 0.717) is 16.7 Å². The number of ether oxygens (including phenoxy) is 1. The number of rotatable bonds is 4. The summed E-state index contributed by atoms with van der Waals surface area (Å²) >= 11 is 6.19. The van der Waals surface area contributed by atoms with E-state index in [2.05, 4.69) is 22.1 Å². The SMILES string of the molecule is COc1cc(Cl)c(C)cc1Nc1nc(C)cc(N2CCC(C)CC2)n1. The van der Waals surface area contributed by atoms with Gasteiger partial charge in [-0.3, -0.25) is 0 Å². The van der Waals surface area contributed by atoms with Crippen LogP contribution in [0.4, 0.5) is 17.5 Å². The number of benzene rings is 1. The monoisotopic (exact) mass is 360 g/mol. The maximum Gasteiger partial charge on any atom is 0.229 e. The minimum absolute atomic E-state index is 0.577. The van der Waals surface area contributed by atoms with Gasteiger partial charge in [-0.1, -0.05) is 18.5 Å². The van der Waals surface area contributed by atoms with Crippen LogP contribution < -0.4 is 15.0 Å². The van der Waals surface area contributed by atoms with Gasteiger partial charge in [-0.05, 0) is 44.2 Å². The Bertz CT molecular complexity index is 757. The number of anilines is 3. The van der Waals surface area contributed by atoms with E-state index in [9.17, 15) is 0 Å². The van der Waals surface area contributed by atoms with Crippen molar-refractivity contribution in [1.29, 1.82) is 0 Å². The highest BCUT2D eigenvalue weighted by atomic mass is 35.5. The average molecular weight is 361 g/mol. The van der Waals surface area contributed by atoms with Crippen LogP contribution in [0.1, 0.15) is 31.0 Å². The Hall–Kier alpha value is -2.01. The number of aryl methyl sites for hydroxylation is 2. The summed E-state index contributed by atoms with van der Waals surface area (Å²) in [5.74, 6) is 3.02. The van der Waals surface area contributed by atoms with Crippen molar-refractivity contribution in [2.45, 2.75) is 33.6 Å². The van der Waals surface area contributed by atoms with E-state index in [0.717, 1.165) is 41.8 Å². The summed E-state index contributed by atoms with van der Waals surface area (Å²) in [6.45, 7) is 8.35. The Labute approximate surface area is 154 Å². The second-order valence-corrected chi connectivity index (χ2v) is 7.19. The van der Waals surface area contributed by atoms with Crippen molar-refractivity contribution in [3.05, 3.63) is 34.5 Å². The van der Waals surface area contributed by atoms with Crippen LogP contribution >= 0.6 is 11.6 Å². The van der Waals surface area contributed by atoms with Gasteiger partial charge in [-0.15, -0.1) is 0 Å². The molecular weight excluding hydrogens is 336 g/mol. The maximum absolute atomic E-state index is 6.19. The van der Waals surface area contributed by atoms with Gasteiger partial charge in [0.15, 0.2) is 0 Å². The zero-order chi connectivity index (χ0) is 18.0. The molecule has 0 amide bonds. The van der Waals surface area contributed by atoms with Gasteiger partial charge in [0.25, 0.3) is 0 Å². The van der Waals surface area contributed by atoms with Gasteiger partial charge >= 0.3 is 0 Å². The van der Waals surface area contributed by atoms with E-state index in [1.807, 2.05) is 32.0 Å². The normalized spacial score (nSPS) is 15.3. The van der Waals surface area contributed by atoms with Crippen LogP contribution in [0.25, 0.3) is 0 Å². The van der Waals surface area contributed by atoms with Gasteiger partial charge in [-0.25, -0.2) is 4.98 Å².